The maximum absolute atomic E-state index is 12.6. The zero-order valence-electron chi connectivity index (χ0n) is 17.5. The molecule has 3 aromatic rings. The molecule has 0 fully saturated rings. The monoisotopic (exact) mass is 506 g/mol. The highest BCUT2D eigenvalue weighted by atomic mass is 79.9. The van der Waals surface area contributed by atoms with Crippen LogP contribution < -0.4 is 4.74 Å². The van der Waals surface area contributed by atoms with Crippen molar-refractivity contribution in [2.24, 2.45) is 0 Å². The van der Waals surface area contributed by atoms with Gasteiger partial charge in [0.15, 0.2) is 5.78 Å². The lowest BCUT2D eigenvalue weighted by atomic mass is 10.1. The Balaban J connectivity index is 1.82. The minimum absolute atomic E-state index is 0.00532. The quantitative estimate of drug-likeness (QED) is 0.246. The number of nitrogens with zero attached hydrogens (tertiary/aromatic N) is 2. The highest BCUT2D eigenvalue weighted by molar-refractivity contribution is 9.10. The summed E-state index contributed by atoms with van der Waals surface area (Å²) in [5.41, 5.74) is 3.62. The molecule has 2 aromatic heterocycles. The summed E-state index contributed by atoms with van der Waals surface area (Å²) < 4.78 is 8.40. The van der Waals surface area contributed by atoms with Gasteiger partial charge in [-0.15, -0.1) is 11.3 Å². The largest absolute Gasteiger partial charge is 0.496 e. The van der Waals surface area contributed by atoms with Crippen LogP contribution in [-0.2, 0) is 13.0 Å². The number of hydrogen-bond donors (Lipinski definition) is 0. The second-order valence-corrected chi connectivity index (χ2v) is 9.41. The Labute approximate surface area is 194 Å². The molecule has 0 atom stereocenters. The molecule has 0 radical (unpaired) electrons. The van der Waals surface area contributed by atoms with Gasteiger partial charge in [-0.05, 0) is 66.0 Å². The molecule has 30 heavy (non-hydrogen) atoms. The third-order valence-electron chi connectivity index (χ3n) is 4.82. The summed E-state index contributed by atoms with van der Waals surface area (Å²) in [5.74, 6) is 0.777. The number of carbonyl (C=O) groups is 1. The molecule has 0 N–H and O–H groups in total. The molecule has 7 heteroatoms. The van der Waals surface area contributed by atoms with Crippen LogP contribution in [0.4, 0.5) is 0 Å². The van der Waals surface area contributed by atoms with Gasteiger partial charge < -0.3 is 4.74 Å². The summed E-state index contributed by atoms with van der Waals surface area (Å²) >= 11 is 11.4. The number of ether oxygens (including phenoxy) is 1. The van der Waals surface area contributed by atoms with Gasteiger partial charge in [0.05, 0.1) is 34.9 Å². The number of allylic oxidation sites excluding steroid dienone is 1. The first-order chi connectivity index (χ1) is 14.3. The minimum Gasteiger partial charge on any atom is -0.496 e. The average molecular weight is 508 g/mol. The van der Waals surface area contributed by atoms with E-state index in [4.69, 9.17) is 16.3 Å². The first kappa shape index (κ1) is 22.8. The normalized spacial score (nSPS) is 11.4. The van der Waals surface area contributed by atoms with Crippen molar-refractivity contribution in [1.82, 2.24) is 9.78 Å². The number of thiophene rings is 1. The summed E-state index contributed by atoms with van der Waals surface area (Å²) in [5, 5.41) is 5.18. The van der Waals surface area contributed by atoms with Crippen LogP contribution in [0.3, 0.4) is 0 Å². The van der Waals surface area contributed by atoms with Gasteiger partial charge in [-0.2, -0.15) is 5.10 Å². The van der Waals surface area contributed by atoms with Gasteiger partial charge in [-0.3, -0.25) is 9.48 Å². The van der Waals surface area contributed by atoms with Crippen LogP contribution in [0.1, 0.15) is 50.4 Å². The first-order valence-electron chi connectivity index (χ1n) is 9.71. The summed E-state index contributed by atoms with van der Waals surface area (Å²) in [6.45, 7) is 6.51. The average Bonchev–Trinajstić information content (AvgIpc) is 3.21. The molecule has 4 nitrogen and oxygen atoms in total. The molecule has 0 spiro atoms. The smallest absolute Gasteiger partial charge is 0.195 e. The van der Waals surface area contributed by atoms with E-state index in [0.717, 1.165) is 50.5 Å². The van der Waals surface area contributed by atoms with Gasteiger partial charge in [0.25, 0.3) is 0 Å². The Kier molecular flexibility index (Phi) is 7.55. The number of aryl methyl sites for hydroxylation is 2. The van der Waals surface area contributed by atoms with Gasteiger partial charge in [-0.1, -0.05) is 37.1 Å². The molecule has 1 aromatic carbocycles. The van der Waals surface area contributed by atoms with E-state index in [-0.39, 0.29) is 5.78 Å². The second-order valence-electron chi connectivity index (χ2n) is 7.04. The molecule has 0 aliphatic rings. The van der Waals surface area contributed by atoms with Crippen LogP contribution in [-0.4, -0.2) is 22.7 Å². The molecule has 0 saturated carbocycles. The van der Waals surface area contributed by atoms with Gasteiger partial charge in [-0.25, -0.2) is 0 Å². The lowest BCUT2D eigenvalue weighted by Crippen LogP contribution is -2.06. The van der Waals surface area contributed by atoms with Gasteiger partial charge in [0, 0.05) is 14.9 Å². The van der Waals surface area contributed by atoms with Crippen molar-refractivity contribution >= 4 is 50.7 Å². The second kappa shape index (κ2) is 9.94. The SMILES string of the molecule is CCCc1sc(C(=O)/C=C/c2ccc(OC)c(Cn3nc(C)c(Cl)c3C)c2)cc1Br. The highest BCUT2D eigenvalue weighted by Gasteiger charge is 2.13. The maximum atomic E-state index is 12.6. The van der Waals surface area contributed by atoms with E-state index in [1.54, 1.807) is 24.5 Å². The summed E-state index contributed by atoms with van der Waals surface area (Å²) in [6.07, 6.45) is 5.49. The molecule has 0 unspecified atom stereocenters. The minimum atomic E-state index is 0.00532. The third kappa shape index (κ3) is 5.05. The van der Waals surface area contributed by atoms with Crippen molar-refractivity contribution in [2.75, 3.05) is 7.11 Å². The van der Waals surface area contributed by atoms with E-state index in [9.17, 15) is 4.79 Å². The van der Waals surface area contributed by atoms with Crippen molar-refractivity contribution in [3.05, 3.63) is 72.1 Å². The lowest BCUT2D eigenvalue weighted by Gasteiger charge is -2.11. The molecule has 0 bridgehead atoms. The van der Waals surface area contributed by atoms with Crippen molar-refractivity contribution in [2.45, 2.75) is 40.2 Å². The molecule has 2 heterocycles. The van der Waals surface area contributed by atoms with Gasteiger partial charge >= 0.3 is 0 Å². The van der Waals surface area contributed by atoms with Crippen LogP contribution >= 0.6 is 38.9 Å². The molecule has 0 aliphatic heterocycles. The Bertz CT molecular complexity index is 1100. The molecular formula is C23H24BrClN2O2S. The van der Waals surface area contributed by atoms with Crippen LogP contribution in [0, 0.1) is 13.8 Å². The lowest BCUT2D eigenvalue weighted by molar-refractivity contribution is 0.105. The van der Waals surface area contributed by atoms with Crippen LogP contribution in [0.15, 0.2) is 34.8 Å². The van der Waals surface area contributed by atoms with Crippen molar-refractivity contribution in [1.29, 1.82) is 0 Å². The number of hydrogen-bond acceptors (Lipinski definition) is 4. The van der Waals surface area contributed by atoms with E-state index in [1.165, 1.54) is 4.88 Å². The topological polar surface area (TPSA) is 44.1 Å². The van der Waals surface area contributed by atoms with Crippen LogP contribution in [0.2, 0.25) is 5.02 Å². The predicted molar refractivity (Wildman–Crippen MR) is 128 cm³/mol. The zero-order chi connectivity index (χ0) is 21.8. The van der Waals surface area contributed by atoms with E-state index in [0.29, 0.717) is 11.6 Å². The van der Waals surface area contributed by atoms with E-state index < -0.39 is 0 Å². The predicted octanol–water partition coefficient (Wildman–Crippen LogP) is 6.88. The Morgan fingerprint density at radius 1 is 1.33 bits per heavy atom. The van der Waals surface area contributed by atoms with E-state index >= 15 is 0 Å². The fraction of sp³-hybridized carbons (Fsp3) is 0.304. The Morgan fingerprint density at radius 3 is 2.73 bits per heavy atom. The number of benzene rings is 1. The molecule has 0 aliphatic carbocycles. The van der Waals surface area contributed by atoms with Gasteiger partial charge in [0.2, 0.25) is 0 Å². The fourth-order valence-corrected chi connectivity index (χ4v) is 5.23. The number of halogens is 2. The Morgan fingerprint density at radius 2 is 2.10 bits per heavy atom. The first-order valence-corrected chi connectivity index (χ1v) is 11.7. The fourth-order valence-electron chi connectivity index (χ4n) is 3.20. The number of ketones is 1. The Hall–Kier alpha value is -1.89. The summed E-state index contributed by atoms with van der Waals surface area (Å²) in [7, 11) is 1.65. The van der Waals surface area contributed by atoms with Crippen LogP contribution in [0.5, 0.6) is 5.75 Å². The molecule has 0 amide bonds. The summed E-state index contributed by atoms with van der Waals surface area (Å²) in [4.78, 5) is 14.6. The molecule has 0 saturated heterocycles. The molecular weight excluding hydrogens is 484 g/mol. The number of methoxy groups -OCH3 is 1. The van der Waals surface area contributed by atoms with Crippen molar-refractivity contribution < 1.29 is 9.53 Å². The highest BCUT2D eigenvalue weighted by Crippen LogP contribution is 2.29. The van der Waals surface area contributed by atoms with Crippen LogP contribution in [0.25, 0.3) is 6.08 Å². The number of aromatic nitrogens is 2. The van der Waals surface area contributed by atoms with Gasteiger partial charge in [0.1, 0.15) is 5.75 Å². The third-order valence-corrected chi connectivity index (χ3v) is 7.55. The number of rotatable bonds is 8. The maximum Gasteiger partial charge on any atom is 0.195 e. The summed E-state index contributed by atoms with van der Waals surface area (Å²) in [6, 6.07) is 7.77. The number of carbonyl (C=O) groups excluding carboxylic acids is 1. The van der Waals surface area contributed by atoms with Crippen molar-refractivity contribution in [3.63, 3.8) is 0 Å². The molecule has 3 rings (SSSR count). The van der Waals surface area contributed by atoms with E-state index in [2.05, 4.69) is 28.0 Å². The molecule has 158 valence electrons. The zero-order valence-corrected chi connectivity index (χ0v) is 20.6. The standard InChI is InChI=1S/C23H24BrClN2O2S/c1-5-6-21-18(24)12-22(30-21)19(28)9-7-16-8-10-20(29-4)17(11-16)13-27-15(3)23(25)14(2)26-27/h7-12H,5-6,13H2,1-4H3/b9-7+. The van der Waals surface area contributed by atoms with E-state index in [1.807, 2.05) is 48.9 Å². The van der Waals surface area contributed by atoms with Crippen molar-refractivity contribution in [3.8, 4) is 5.75 Å².